The number of aryl methyl sites for hydroxylation is 2. The van der Waals surface area contributed by atoms with Crippen molar-refractivity contribution >= 4 is 93.9 Å². The average molecular weight is 1360 g/mol. The molecule has 20 heteroatoms. The highest BCUT2D eigenvalue weighted by Gasteiger charge is 2.37. The Balaban J connectivity index is 0.0000000830. The third-order valence-corrected chi connectivity index (χ3v) is 22.3. The summed E-state index contributed by atoms with van der Waals surface area (Å²) < 4.78 is 59.6. The molecule has 5 aliphatic heterocycles. The number of para-hydroxylation sites is 10. The van der Waals surface area contributed by atoms with Gasteiger partial charge in [-0.2, -0.15) is 31.1 Å². The number of hydrogen-bond acceptors (Lipinski definition) is 7. The number of nitrogens with zero attached hydrogens (tertiary/aromatic N) is 18. The van der Waals surface area contributed by atoms with Crippen LogP contribution in [0.15, 0.2) is 279 Å². The number of oxazole rings is 1. The first-order valence-corrected chi connectivity index (χ1v) is 35.1. The fraction of sp³-hybridized carbons (Fsp3) is 0.0843. The molecule has 0 fully saturated rings. The van der Waals surface area contributed by atoms with Crippen LogP contribution in [0.3, 0.4) is 0 Å². The monoisotopic (exact) mass is 1360 g/mol. The quantitative estimate of drug-likeness (QED) is 0.150. The lowest BCUT2D eigenvalue weighted by Gasteiger charge is -2.01. The van der Waals surface area contributed by atoms with Gasteiger partial charge in [0.1, 0.15) is 99.9 Å². The van der Waals surface area contributed by atoms with Crippen LogP contribution in [-0.4, -0.2) is 61.1 Å². The topological polar surface area (TPSA) is 136 Å². The normalized spacial score (nSPS) is 13.5. The lowest BCUT2D eigenvalue weighted by atomic mass is 10.1. The van der Waals surface area contributed by atoms with Gasteiger partial charge in [-0.05, 0) is 114 Å². The second kappa shape index (κ2) is 22.0. The molecule has 490 valence electrons. The molecule has 6 aromatic carbocycles. The molecule has 15 aromatic heterocycles. The second-order valence-electron chi connectivity index (χ2n) is 26.7. The van der Waals surface area contributed by atoms with Crippen LogP contribution in [0.5, 0.6) is 0 Å². The number of rotatable bonds is 1. The van der Waals surface area contributed by atoms with Crippen molar-refractivity contribution in [3.8, 4) is 62.0 Å². The number of fused-ring (bicyclic) bond motifs is 35. The van der Waals surface area contributed by atoms with E-state index in [4.69, 9.17) is 8.53 Å². The molecule has 26 rings (SSSR count). The Labute approximate surface area is 594 Å². The van der Waals surface area contributed by atoms with Crippen LogP contribution < -0.4 is 22.3 Å². The van der Waals surface area contributed by atoms with Gasteiger partial charge in [-0.1, -0.05) is 78.9 Å². The third kappa shape index (κ3) is 8.43. The summed E-state index contributed by atoms with van der Waals surface area (Å²) >= 11 is 1.85. The van der Waals surface area contributed by atoms with Crippen molar-refractivity contribution in [2.45, 2.75) is 32.7 Å². The highest BCUT2D eigenvalue weighted by molar-refractivity contribution is 7.23. The van der Waals surface area contributed by atoms with E-state index in [-0.39, 0.29) is 0 Å². The van der Waals surface area contributed by atoms with Crippen LogP contribution >= 0.6 is 11.3 Å². The van der Waals surface area contributed by atoms with Crippen molar-refractivity contribution in [1.82, 2.24) is 61.1 Å². The number of thiazole rings is 1. The maximum atomic E-state index is 7.97. The summed E-state index contributed by atoms with van der Waals surface area (Å²) in [4.78, 5) is 22.6. The first-order valence-electron chi connectivity index (χ1n) is 35.8. The third-order valence-electron chi connectivity index (χ3n) is 21.2. The number of aromatic nitrogens is 18. The minimum Gasteiger partial charge on any atom is -0.387 e. The van der Waals surface area contributed by atoms with Crippen molar-refractivity contribution in [2.24, 2.45) is 14.0 Å². The molecule has 0 amide bonds. The van der Waals surface area contributed by atoms with Crippen molar-refractivity contribution in [2.75, 3.05) is 0 Å². The van der Waals surface area contributed by atoms with Gasteiger partial charge in [-0.3, -0.25) is 24.9 Å². The summed E-state index contributed by atoms with van der Waals surface area (Å²) in [6.45, 7) is 2.04. The van der Waals surface area contributed by atoms with E-state index in [1.54, 1.807) is 6.20 Å². The first-order chi connectivity index (χ1) is 52.1. The highest BCUT2D eigenvalue weighted by atomic mass is 32.1. The van der Waals surface area contributed by atoms with Crippen LogP contribution in [0.4, 0.5) is 0 Å². The minimum absolute atomic E-state index is 0.663. The number of benzene rings is 6. The van der Waals surface area contributed by atoms with Crippen molar-refractivity contribution < 1.29 is 30.9 Å². The molecule has 21 aromatic rings. The van der Waals surface area contributed by atoms with Crippen LogP contribution in [0.25, 0.3) is 145 Å². The Kier molecular flexibility index (Phi) is 11.6. The summed E-state index contributed by atoms with van der Waals surface area (Å²) in [6, 6.07) is 62.3. The molecule has 5 aliphatic rings. The largest absolute Gasteiger partial charge is 0.468 e. The van der Waals surface area contributed by atoms with Gasteiger partial charge in [0.15, 0.2) is 28.0 Å². The van der Waals surface area contributed by atoms with Gasteiger partial charge < -0.3 is 4.42 Å². The highest BCUT2D eigenvalue weighted by Crippen LogP contribution is 2.40. The molecule has 0 radical (unpaired) electrons. The van der Waals surface area contributed by atoms with Gasteiger partial charge >= 0.3 is 28.1 Å². The number of pyridine rings is 5. The van der Waals surface area contributed by atoms with Gasteiger partial charge in [-0.25, -0.2) is 27.4 Å². The van der Waals surface area contributed by atoms with Crippen LogP contribution in [0.2, 0.25) is 0 Å². The summed E-state index contributed by atoms with van der Waals surface area (Å²) in [6.07, 6.45) is 29.8. The van der Waals surface area contributed by atoms with Crippen LogP contribution in [0.1, 0.15) is 31.9 Å². The summed E-state index contributed by atoms with van der Waals surface area (Å²) in [5.41, 5.74) is 29.5. The van der Waals surface area contributed by atoms with E-state index in [9.17, 15) is 0 Å². The molecular formula is C83H61N18OS+5. The Morgan fingerprint density at radius 1 is 0.379 bits per heavy atom. The smallest absolute Gasteiger partial charge is 0.387 e. The van der Waals surface area contributed by atoms with E-state index in [1.807, 2.05) is 126 Å². The van der Waals surface area contributed by atoms with Gasteiger partial charge in [0.2, 0.25) is 0 Å². The molecule has 19 nitrogen and oxygen atoms in total. The van der Waals surface area contributed by atoms with Gasteiger partial charge in [0.25, 0.3) is 0 Å². The lowest BCUT2D eigenvalue weighted by Crippen LogP contribution is -2.29. The fourth-order valence-corrected chi connectivity index (χ4v) is 17.6. The molecule has 0 unspecified atom stereocenters. The lowest BCUT2D eigenvalue weighted by molar-refractivity contribution is -0.621. The average Bonchev–Trinajstić information content (AvgIpc) is 1.56. The zero-order valence-electron chi connectivity index (χ0n) is 58.4. The molecule has 0 N–H and O–H groups in total. The Morgan fingerprint density at radius 3 is 1.40 bits per heavy atom. The number of imidazole rings is 8. The fourth-order valence-electron chi connectivity index (χ4n) is 16.5. The van der Waals surface area contributed by atoms with E-state index in [1.165, 1.54) is 132 Å². The SMILES string of the molecule is C[n+]1c2ccccc2n2cc3n(c21)Cc1ccncc1-3.[2H]C([2H])([2H])[n+]1c2ccccc2n2cc3n(c21)Cc1ccncc1-3.c1ccc(-n2c3ccccc3[n+]3cc4n(c23)Cc2ccncc2-4)cc1.c1ccc2c(c1)oc1n3c(c[n+]21)-c1cnccc1C3.c1ccc2c(c1)sc1n3c(c[n+]21)-c1cnccc1C3. The molecule has 0 saturated heterocycles. The number of hydrogen-bond donors (Lipinski definition) is 0. The van der Waals surface area contributed by atoms with Gasteiger partial charge in [0, 0.05) is 106 Å². The maximum Gasteiger partial charge on any atom is 0.468 e. The van der Waals surface area contributed by atoms with E-state index >= 15 is 0 Å². The van der Waals surface area contributed by atoms with Crippen LogP contribution in [-0.2, 0) is 46.7 Å². The maximum absolute atomic E-state index is 7.97. The predicted octanol–water partition coefficient (Wildman–Crippen LogP) is 13.1. The Hall–Kier alpha value is -13.5. The van der Waals surface area contributed by atoms with E-state index in [0.29, 0.717) is 17.8 Å². The zero-order chi connectivity index (χ0) is 70.2. The predicted molar refractivity (Wildman–Crippen MR) is 395 cm³/mol. The molecular weight excluding hydrogens is 1300 g/mol. The molecule has 0 bridgehead atoms. The Bertz CT molecular complexity index is 7080. The minimum atomic E-state index is -2.24. The van der Waals surface area contributed by atoms with Crippen molar-refractivity contribution in [3.63, 3.8) is 0 Å². The molecule has 0 spiro atoms. The zero-order valence-corrected chi connectivity index (χ0v) is 56.2. The van der Waals surface area contributed by atoms with Crippen molar-refractivity contribution in [1.29, 1.82) is 0 Å². The van der Waals surface area contributed by atoms with Crippen LogP contribution in [0, 0.1) is 0 Å². The summed E-state index contributed by atoms with van der Waals surface area (Å²) in [5, 5.41) is 0. The first kappa shape index (κ1) is 54.5. The molecule has 0 atom stereocenters. The molecule has 0 aliphatic carbocycles. The Morgan fingerprint density at radius 2 is 0.806 bits per heavy atom. The van der Waals surface area contributed by atoms with Gasteiger partial charge in [-0.15, -0.1) is 0 Å². The van der Waals surface area contributed by atoms with E-state index in [0.717, 1.165) is 59.9 Å². The summed E-state index contributed by atoms with van der Waals surface area (Å²) in [7, 11) is 2.13. The summed E-state index contributed by atoms with van der Waals surface area (Å²) in [5.74, 6) is 3.96. The molecule has 103 heavy (non-hydrogen) atoms. The van der Waals surface area contributed by atoms with Crippen molar-refractivity contribution in [3.05, 3.63) is 303 Å². The second-order valence-corrected chi connectivity index (χ2v) is 27.7. The molecule has 0 saturated carbocycles. The van der Waals surface area contributed by atoms with E-state index in [2.05, 4.69) is 240 Å². The standard InChI is InChI=1S/C21H15N4.2C16H13N4.C15H10N3O.C15H10N3S/c1-2-6-16(7-3-1)25-19-9-5-4-8-18(19)24-14-20-17-12-22-11-10-15(17)13-23(20)21(24)25;2*1-18-13-4-2-3-5-14(13)20-10-15-12-8-17-7-6-11(12)9-19(15)16(18)20;2*1-2-4-14-12(3-1)18-9-13-11-7-16-6-5-10(11)8-17(13)15(18)19-14/h1-12,14H,13H2;2*2-8,10H,9H2,1H3;2*1-7,9H,8H2/q5*+1/i;1D3;;;. The van der Waals surface area contributed by atoms with Gasteiger partial charge in [0.05, 0.1) is 53.6 Å². The van der Waals surface area contributed by atoms with E-state index < -0.39 is 6.98 Å². The molecule has 20 heterocycles.